The molecule has 0 unspecified atom stereocenters. The molecule has 20 heavy (non-hydrogen) atoms. The van der Waals surface area contributed by atoms with Crippen LogP contribution in [0.25, 0.3) is 0 Å². The molecule has 3 nitrogen and oxygen atoms in total. The van der Waals surface area contributed by atoms with Gasteiger partial charge < -0.3 is 5.32 Å². The van der Waals surface area contributed by atoms with E-state index in [2.05, 4.69) is 5.32 Å². The molecule has 0 fully saturated rings. The summed E-state index contributed by atoms with van der Waals surface area (Å²) in [5.41, 5.74) is -1.24. The Bertz CT molecular complexity index is 517. The van der Waals surface area contributed by atoms with Gasteiger partial charge in [-0.25, -0.2) is 0 Å². The molecule has 0 heterocycles. The van der Waals surface area contributed by atoms with Crippen molar-refractivity contribution in [3.63, 3.8) is 0 Å². The fourth-order valence-electron chi connectivity index (χ4n) is 1.54. The minimum Gasteiger partial charge on any atom is -0.338 e. The summed E-state index contributed by atoms with van der Waals surface area (Å²) in [6.45, 7) is 3.36. The van der Waals surface area contributed by atoms with Gasteiger partial charge in [0.2, 0.25) is 5.91 Å². The number of nitriles is 1. The van der Waals surface area contributed by atoms with Crippen molar-refractivity contribution in [2.75, 3.05) is 0 Å². The highest BCUT2D eigenvalue weighted by Crippen LogP contribution is 2.29. The highest BCUT2D eigenvalue weighted by atomic mass is 19.4. The summed E-state index contributed by atoms with van der Waals surface area (Å²) in [6.07, 6.45) is -4.00. The van der Waals surface area contributed by atoms with E-state index >= 15 is 0 Å². The lowest BCUT2D eigenvalue weighted by Crippen LogP contribution is -2.44. The molecule has 1 rings (SSSR count). The SMILES string of the molecule is CC[C@@](C)(C#N)NC(=O)Cc1ccc(C(F)(F)F)cc1. The third kappa shape index (κ3) is 4.26. The van der Waals surface area contributed by atoms with E-state index in [-0.39, 0.29) is 6.42 Å². The third-order valence-electron chi connectivity index (χ3n) is 3.02. The van der Waals surface area contributed by atoms with Crippen LogP contribution in [0.5, 0.6) is 0 Å². The van der Waals surface area contributed by atoms with E-state index in [0.717, 1.165) is 12.1 Å². The standard InChI is InChI=1S/C14H15F3N2O/c1-3-13(2,9-18)19-12(20)8-10-4-6-11(7-5-10)14(15,16)17/h4-7H,3,8H2,1-2H3,(H,19,20)/t13-/m0/s1. The van der Waals surface area contributed by atoms with E-state index in [4.69, 9.17) is 5.26 Å². The third-order valence-corrected chi connectivity index (χ3v) is 3.02. The van der Waals surface area contributed by atoms with Crippen molar-refractivity contribution in [2.24, 2.45) is 0 Å². The summed E-state index contributed by atoms with van der Waals surface area (Å²) < 4.78 is 37.1. The van der Waals surface area contributed by atoms with Crippen LogP contribution in [0.1, 0.15) is 31.4 Å². The molecule has 0 radical (unpaired) electrons. The Morgan fingerprint density at radius 1 is 1.30 bits per heavy atom. The maximum absolute atomic E-state index is 12.4. The highest BCUT2D eigenvalue weighted by molar-refractivity contribution is 5.79. The lowest BCUT2D eigenvalue weighted by molar-refractivity contribution is -0.137. The topological polar surface area (TPSA) is 52.9 Å². The second-order valence-electron chi connectivity index (χ2n) is 4.72. The first-order valence-corrected chi connectivity index (χ1v) is 6.08. The van der Waals surface area contributed by atoms with E-state index in [9.17, 15) is 18.0 Å². The van der Waals surface area contributed by atoms with Crippen LogP contribution in [-0.4, -0.2) is 11.4 Å². The van der Waals surface area contributed by atoms with Gasteiger partial charge in [0.25, 0.3) is 0 Å². The summed E-state index contributed by atoms with van der Waals surface area (Å²) in [7, 11) is 0. The van der Waals surface area contributed by atoms with Crippen molar-refractivity contribution in [2.45, 2.75) is 38.4 Å². The number of alkyl halides is 3. The van der Waals surface area contributed by atoms with Gasteiger partial charge in [0.15, 0.2) is 0 Å². The van der Waals surface area contributed by atoms with E-state index in [1.807, 2.05) is 6.07 Å². The van der Waals surface area contributed by atoms with E-state index in [1.165, 1.54) is 12.1 Å². The maximum Gasteiger partial charge on any atom is 0.416 e. The zero-order valence-corrected chi connectivity index (χ0v) is 11.2. The summed E-state index contributed by atoms with van der Waals surface area (Å²) in [6, 6.07) is 6.39. The Morgan fingerprint density at radius 3 is 2.25 bits per heavy atom. The number of halogens is 3. The molecule has 0 aliphatic rings. The summed E-state index contributed by atoms with van der Waals surface area (Å²) in [5, 5.41) is 11.5. The smallest absolute Gasteiger partial charge is 0.338 e. The minimum absolute atomic E-state index is 0.0601. The molecule has 0 saturated heterocycles. The van der Waals surface area contributed by atoms with Crippen LogP contribution in [0, 0.1) is 11.3 Å². The zero-order chi connectivity index (χ0) is 15.4. The predicted octanol–water partition coefficient (Wildman–Crippen LogP) is 3.06. The summed E-state index contributed by atoms with van der Waals surface area (Å²) in [5.74, 6) is -0.393. The van der Waals surface area contributed by atoms with Crippen molar-refractivity contribution < 1.29 is 18.0 Å². The Hall–Kier alpha value is -2.03. The van der Waals surface area contributed by atoms with Crippen molar-refractivity contribution in [1.29, 1.82) is 5.26 Å². The molecular formula is C14H15F3N2O. The first-order chi connectivity index (χ1) is 9.20. The van der Waals surface area contributed by atoms with Crippen LogP contribution in [-0.2, 0) is 17.4 Å². The zero-order valence-electron chi connectivity index (χ0n) is 11.2. The van der Waals surface area contributed by atoms with Gasteiger partial charge in [-0.1, -0.05) is 19.1 Å². The number of rotatable bonds is 4. The Labute approximate surface area is 115 Å². The number of hydrogen-bond acceptors (Lipinski definition) is 2. The molecule has 0 aliphatic carbocycles. The molecule has 1 atom stereocenters. The van der Waals surface area contributed by atoms with Crippen LogP contribution in [0.4, 0.5) is 13.2 Å². The minimum atomic E-state index is -4.39. The molecule has 0 bridgehead atoms. The van der Waals surface area contributed by atoms with E-state index < -0.39 is 23.2 Å². The molecule has 1 amide bonds. The van der Waals surface area contributed by atoms with Gasteiger partial charge in [0, 0.05) is 0 Å². The lowest BCUT2D eigenvalue weighted by Gasteiger charge is -2.21. The van der Waals surface area contributed by atoms with Crippen molar-refractivity contribution in [1.82, 2.24) is 5.32 Å². The van der Waals surface area contributed by atoms with Gasteiger partial charge >= 0.3 is 6.18 Å². The van der Waals surface area contributed by atoms with Crippen LogP contribution >= 0.6 is 0 Å². The van der Waals surface area contributed by atoms with Gasteiger partial charge in [-0.05, 0) is 31.0 Å². The molecule has 0 aromatic heterocycles. The van der Waals surface area contributed by atoms with Crippen molar-refractivity contribution in [3.8, 4) is 6.07 Å². The van der Waals surface area contributed by atoms with Crippen molar-refractivity contribution >= 4 is 5.91 Å². The predicted molar refractivity (Wildman–Crippen MR) is 67.6 cm³/mol. The number of amides is 1. The Kier molecular flexibility index (Phi) is 4.77. The second-order valence-corrected chi connectivity index (χ2v) is 4.72. The molecule has 0 spiro atoms. The second kappa shape index (κ2) is 5.95. The average Bonchev–Trinajstić information content (AvgIpc) is 2.38. The normalized spacial score (nSPS) is 14.2. The van der Waals surface area contributed by atoms with Crippen LogP contribution in [0.3, 0.4) is 0 Å². The molecule has 0 saturated carbocycles. The van der Waals surface area contributed by atoms with Gasteiger partial charge in [-0.15, -0.1) is 0 Å². The van der Waals surface area contributed by atoms with E-state index in [0.29, 0.717) is 12.0 Å². The first-order valence-electron chi connectivity index (χ1n) is 6.08. The fourth-order valence-corrected chi connectivity index (χ4v) is 1.54. The number of benzene rings is 1. The van der Waals surface area contributed by atoms with Gasteiger partial charge in [0.05, 0.1) is 18.1 Å². The number of carbonyl (C=O) groups is 1. The van der Waals surface area contributed by atoms with Crippen LogP contribution in [0.15, 0.2) is 24.3 Å². The molecule has 1 aromatic rings. The first kappa shape index (κ1) is 16.0. The molecule has 0 aliphatic heterocycles. The molecule has 1 N–H and O–H groups in total. The molecular weight excluding hydrogens is 269 g/mol. The molecule has 108 valence electrons. The van der Waals surface area contributed by atoms with Crippen molar-refractivity contribution in [3.05, 3.63) is 35.4 Å². The Morgan fingerprint density at radius 2 is 1.85 bits per heavy atom. The quantitative estimate of drug-likeness (QED) is 0.923. The largest absolute Gasteiger partial charge is 0.416 e. The highest BCUT2D eigenvalue weighted by Gasteiger charge is 2.30. The fraction of sp³-hybridized carbons (Fsp3) is 0.429. The maximum atomic E-state index is 12.4. The number of nitrogens with zero attached hydrogens (tertiary/aromatic N) is 1. The Balaban J connectivity index is 2.71. The van der Waals surface area contributed by atoms with E-state index in [1.54, 1.807) is 13.8 Å². The monoisotopic (exact) mass is 284 g/mol. The number of nitrogens with one attached hydrogen (secondary N) is 1. The van der Waals surface area contributed by atoms with Crippen LogP contribution in [0.2, 0.25) is 0 Å². The molecule has 1 aromatic carbocycles. The summed E-state index contributed by atoms with van der Waals surface area (Å²) in [4.78, 5) is 11.7. The number of carbonyl (C=O) groups excluding carboxylic acids is 1. The number of hydrogen-bond donors (Lipinski definition) is 1. The van der Waals surface area contributed by atoms with Gasteiger partial charge in [0.1, 0.15) is 5.54 Å². The average molecular weight is 284 g/mol. The molecule has 6 heteroatoms. The van der Waals surface area contributed by atoms with Gasteiger partial charge in [-0.2, -0.15) is 18.4 Å². The summed E-state index contributed by atoms with van der Waals surface area (Å²) >= 11 is 0. The lowest BCUT2D eigenvalue weighted by atomic mass is 10.0. The van der Waals surface area contributed by atoms with Gasteiger partial charge in [-0.3, -0.25) is 4.79 Å². The van der Waals surface area contributed by atoms with Crippen LogP contribution < -0.4 is 5.32 Å².